The number of aromatic hydroxyl groups is 1. The van der Waals surface area contributed by atoms with E-state index in [-0.39, 0.29) is 5.75 Å². The average molecular weight is 241 g/mol. The molecule has 0 aliphatic rings. The van der Waals surface area contributed by atoms with Crippen molar-refractivity contribution in [2.75, 3.05) is 5.43 Å². The third-order valence-corrected chi connectivity index (χ3v) is 2.48. The van der Waals surface area contributed by atoms with E-state index in [0.717, 1.165) is 11.1 Å². The Balaban J connectivity index is 2.07. The number of pyridine rings is 1. The van der Waals surface area contributed by atoms with Crippen LogP contribution in [0, 0.1) is 13.8 Å². The fourth-order valence-corrected chi connectivity index (χ4v) is 1.48. The highest BCUT2D eigenvalue weighted by atomic mass is 16.3. The molecule has 2 rings (SSSR count). The van der Waals surface area contributed by atoms with E-state index >= 15 is 0 Å². The Morgan fingerprint density at radius 1 is 1.17 bits per heavy atom. The second-order valence-corrected chi connectivity index (χ2v) is 4.15. The number of phenols is 1. The average Bonchev–Trinajstić information content (AvgIpc) is 2.36. The quantitative estimate of drug-likeness (QED) is 0.641. The topological polar surface area (TPSA) is 57.5 Å². The minimum Gasteiger partial charge on any atom is -0.507 e. The molecular formula is C14H15N3O. The van der Waals surface area contributed by atoms with Crippen LogP contribution in [0.25, 0.3) is 0 Å². The van der Waals surface area contributed by atoms with E-state index in [1.54, 1.807) is 18.5 Å². The van der Waals surface area contributed by atoms with Gasteiger partial charge in [0.15, 0.2) is 0 Å². The Bertz CT molecular complexity index is 562. The summed E-state index contributed by atoms with van der Waals surface area (Å²) < 4.78 is 0. The molecule has 0 aliphatic heterocycles. The van der Waals surface area contributed by atoms with Gasteiger partial charge in [-0.25, -0.2) is 4.98 Å². The highest BCUT2D eigenvalue weighted by Gasteiger charge is 1.97. The van der Waals surface area contributed by atoms with E-state index < -0.39 is 0 Å². The zero-order chi connectivity index (χ0) is 13.0. The summed E-state index contributed by atoms with van der Waals surface area (Å²) in [6, 6.07) is 9.17. The van der Waals surface area contributed by atoms with Gasteiger partial charge in [-0.1, -0.05) is 17.7 Å². The van der Waals surface area contributed by atoms with Crippen LogP contribution in [-0.4, -0.2) is 16.3 Å². The minimum atomic E-state index is 0.211. The van der Waals surface area contributed by atoms with E-state index in [4.69, 9.17) is 0 Å². The zero-order valence-electron chi connectivity index (χ0n) is 10.4. The molecule has 1 aromatic heterocycles. The molecule has 92 valence electrons. The first-order chi connectivity index (χ1) is 8.65. The van der Waals surface area contributed by atoms with Crippen LogP contribution in [0.3, 0.4) is 0 Å². The Kier molecular flexibility index (Phi) is 3.57. The van der Waals surface area contributed by atoms with Gasteiger partial charge in [-0.3, -0.25) is 5.43 Å². The second kappa shape index (κ2) is 5.31. The van der Waals surface area contributed by atoms with Gasteiger partial charge in [-0.15, -0.1) is 0 Å². The van der Waals surface area contributed by atoms with Crippen molar-refractivity contribution < 1.29 is 5.11 Å². The maximum Gasteiger partial charge on any atom is 0.146 e. The molecule has 4 nitrogen and oxygen atoms in total. The van der Waals surface area contributed by atoms with Gasteiger partial charge in [-0.2, -0.15) is 5.10 Å². The van der Waals surface area contributed by atoms with Crippen LogP contribution in [0.2, 0.25) is 0 Å². The third kappa shape index (κ3) is 3.07. The van der Waals surface area contributed by atoms with Gasteiger partial charge in [0.1, 0.15) is 11.6 Å². The molecule has 0 atom stereocenters. The number of hydrogen-bond acceptors (Lipinski definition) is 4. The van der Waals surface area contributed by atoms with Crippen molar-refractivity contribution >= 4 is 12.0 Å². The fourth-order valence-electron chi connectivity index (χ4n) is 1.48. The standard InChI is InChI=1S/C14H15N3O/c1-10-3-5-13(18)12(7-10)9-16-17-14-6-4-11(2)8-15-14/h3-9,18H,1-2H3,(H,15,17)/b16-9+. The molecule has 0 spiro atoms. The van der Waals surface area contributed by atoms with Crippen molar-refractivity contribution in [1.82, 2.24) is 4.98 Å². The van der Waals surface area contributed by atoms with Crippen molar-refractivity contribution in [3.63, 3.8) is 0 Å². The number of hydrogen-bond donors (Lipinski definition) is 2. The molecule has 1 aromatic carbocycles. The Morgan fingerprint density at radius 3 is 2.67 bits per heavy atom. The maximum absolute atomic E-state index is 9.63. The van der Waals surface area contributed by atoms with E-state index in [9.17, 15) is 5.11 Å². The van der Waals surface area contributed by atoms with Crippen LogP contribution in [0.1, 0.15) is 16.7 Å². The molecule has 0 saturated heterocycles. The van der Waals surface area contributed by atoms with Crippen molar-refractivity contribution in [3.8, 4) is 5.75 Å². The van der Waals surface area contributed by atoms with Gasteiger partial charge in [0.25, 0.3) is 0 Å². The predicted octanol–water partition coefficient (Wildman–Crippen LogP) is 2.85. The highest BCUT2D eigenvalue weighted by molar-refractivity contribution is 5.84. The number of phenolic OH excluding ortho intramolecular Hbond substituents is 1. The van der Waals surface area contributed by atoms with Crippen LogP contribution >= 0.6 is 0 Å². The molecule has 0 bridgehead atoms. The van der Waals surface area contributed by atoms with E-state index in [1.807, 2.05) is 38.1 Å². The van der Waals surface area contributed by atoms with E-state index in [2.05, 4.69) is 15.5 Å². The lowest BCUT2D eigenvalue weighted by atomic mass is 10.1. The summed E-state index contributed by atoms with van der Waals surface area (Å²) in [5.74, 6) is 0.881. The van der Waals surface area contributed by atoms with Crippen LogP contribution in [0.5, 0.6) is 5.75 Å². The number of aromatic nitrogens is 1. The monoisotopic (exact) mass is 241 g/mol. The van der Waals surface area contributed by atoms with Crippen LogP contribution < -0.4 is 5.43 Å². The summed E-state index contributed by atoms with van der Waals surface area (Å²) in [5.41, 5.74) is 5.66. The molecule has 0 radical (unpaired) electrons. The molecule has 0 fully saturated rings. The summed E-state index contributed by atoms with van der Waals surface area (Å²) in [6.45, 7) is 3.94. The van der Waals surface area contributed by atoms with Gasteiger partial charge in [-0.05, 0) is 37.6 Å². The lowest BCUT2D eigenvalue weighted by Crippen LogP contribution is -1.93. The van der Waals surface area contributed by atoms with E-state index in [1.165, 1.54) is 0 Å². The van der Waals surface area contributed by atoms with Gasteiger partial charge >= 0.3 is 0 Å². The van der Waals surface area contributed by atoms with Gasteiger partial charge in [0.05, 0.1) is 6.21 Å². The molecule has 0 unspecified atom stereocenters. The third-order valence-electron chi connectivity index (χ3n) is 2.48. The van der Waals surface area contributed by atoms with Crippen molar-refractivity contribution in [2.24, 2.45) is 5.10 Å². The van der Waals surface area contributed by atoms with Gasteiger partial charge < -0.3 is 5.11 Å². The molecule has 2 aromatic rings. The summed E-state index contributed by atoms with van der Waals surface area (Å²) in [5, 5.41) is 13.7. The van der Waals surface area contributed by atoms with Crippen LogP contribution in [0.15, 0.2) is 41.6 Å². The van der Waals surface area contributed by atoms with E-state index in [0.29, 0.717) is 11.4 Å². The van der Waals surface area contributed by atoms with Crippen LogP contribution in [-0.2, 0) is 0 Å². The fraction of sp³-hybridized carbons (Fsp3) is 0.143. The normalized spacial score (nSPS) is 10.8. The van der Waals surface area contributed by atoms with Crippen molar-refractivity contribution in [3.05, 3.63) is 53.2 Å². The van der Waals surface area contributed by atoms with Crippen molar-refractivity contribution in [1.29, 1.82) is 0 Å². The minimum absolute atomic E-state index is 0.211. The molecule has 0 aliphatic carbocycles. The number of anilines is 1. The number of hydrazone groups is 1. The Labute approximate surface area is 106 Å². The number of nitrogens with zero attached hydrogens (tertiary/aromatic N) is 2. The largest absolute Gasteiger partial charge is 0.507 e. The SMILES string of the molecule is Cc1ccc(N/N=C/c2cc(C)ccc2O)nc1. The zero-order valence-corrected chi connectivity index (χ0v) is 10.4. The summed E-state index contributed by atoms with van der Waals surface area (Å²) in [4.78, 5) is 4.16. The first-order valence-corrected chi connectivity index (χ1v) is 5.66. The second-order valence-electron chi connectivity index (χ2n) is 4.15. The molecule has 18 heavy (non-hydrogen) atoms. The van der Waals surface area contributed by atoms with Crippen LogP contribution in [0.4, 0.5) is 5.82 Å². The maximum atomic E-state index is 9.63. The number of benzene rings is 1. The Morgan fingerprint density at radius 2 is 1.94 bits per heavy atom. The molecular weight excluding hydrogens is 226 g/mol. The molecule has 0 saturated carbocycles. The molecule has 4 heteroatoms. The molecule has 1 heterocycles. The smallest absolute Gasteiger partial charge is 0.146 e. The summed E-state index contributed by atoms with van der Waals surface area (Å²) in [7, 11) is 0. The summed E-state index contributed by atoms with van der Waals surface area (Å²) in [6.07, 6.45) is 3.34. The summed E-state index contributed by atoms with van der Waals surface area (Å²) >= 11 is 0. The Hall–Kier alpha value is -2.36. The predicted molar refractivity (Wildman–Crippen MR) is 73.0 cm³/mol. The van der Waals surface area contributed by atoms with Crippen molar-refractivity contribution in [2.45, 2.75) is 13.8 Å². The number of rotatable bonds is 3. The lowest BCUT2D eigenvalue weighted by Gasteiger charge is -2.01. The first-order valence-electron chi connectivity index (χ1n) is 5.66. The van der Waals surface area contributed by atoms with Gasteiger partial charge in [0.2, 0.25) is 0 Å². The van der Waals surface area contributed by atoms with Gasteiger partial charge in [0, 0.05) is 11.8 Å². The number of nitrogens with one attached hydrogen (secondary N) is 1. The first kappa shape index (κ1) is 12.1. The molecule has 0 amide bonds. The molecule has 2 N–H and O–H groups in total. The lowest BCUT2D eigenvalue weighted by molar-refractivity contribution is 0.474. The number of aryl methyl sites for hydroxylation is 2. The highest BCUT2D eigenvalue weighted by Crippen LogP contribution is 2.15.